The van der Waals surface area contributed by atoms with Crippen molar-refractivity contribution < 1.29 is 27.3 Å². The molecule has 3 aromatic rings. The number of aryl methyl sites for hydroxylation is 1. The van der Waals surface area contributed by atoms with E-state index in [1.807, 2.05) is 36.2 Å². The van der Waals surface area contributed by atoms with Crippen LogP contribution in [0.25, 0.3) is 11.1 Å². The lowest BCUT2D eigenvalue weighted by atomic mass is 10.0. The van der Waals surface area contributed by atoms with Crippen molar-refractivity contribution in [1.82, 2.24) is 0 Å². The molecule has 3 rings (SSSR count). The molecule has 34 heavy (non-hydrogen) atoms. The van der Waals surface area contributed by atoms with E-state index < -0.39 is 10.1 Å². The highest BCUT2D eigenvalue weighted by Gasteiger charge is 2.11. The summed E-state index contributed by atoms with van der Waals surface area (Å²) >= 11 is 0. The van der Waals surface area contributed by atoms with Gasteiger partial charge < -0.3 is 9.29 Å². The third kappa shape index (κ3) is 9.15. The second-order valence-corrected chi connectivity index (χ2v) is 9.53. The Morgan fingerprint density at radius 3 is 2.00 bits per heavy atom. The van der Waals surface area contributed by atoms with E-state index in [1.54, 1.807) is 19.2 Å². The van der Waals surface area contributed by atoms with Gasteiger partial charge in [0.2, 0.25) is 12.4 Å². The number of methoxy groups -OCH3 is 1. The average Bonchev–Trinajstić information content (AvgIpc) is 2.85. The number of unbranched alkanes of at least 4 members (excludes halogenated alkanes) is 1. The van der Waals surface area contributed by atoms with Crippen molar-refractivity contribution in [3.05, 3.63) is 78.6 Å². The molecule has 0 N–H and O–H groups in total. The second-order valence-electron chi connectivity index (χ2n) is 8.15. The lowest BCUT2D eigenvalue weighted by Crippen LogP contribution is -2.43. The summed E-state index contributed by atoms with van der Waals surface area (Å²) < 4.78 is 38.2. The molecule has 0 saturated carbocycles. The fourth-order valence-electron chi connectivity index (χ4n) is 3.27. The molecule has 0 amide bonds. The summed E-state index contributed by atoms with van der Waals surface area (Å²) in [6.07, 6.45) is 8.91. The molecule has 0 saturated heterocycles. The van der Waals surface area contributed by atoms with Gasteiger partial charge in [-0.3, -0.25) is 4.84 Å². The smallest absolute Gasteiger partial charge is 0.223 e. The molecule has 184 valence electrons. The summed E-state index contributed by atoms with van der Waals surface area (Å²) in [5.41, 5.74) is 3.27. The molecule has 0 aliphatic carbocycles. The predicted octanol–water partition coefficient (Wildman–Crippen LogP) is 5.19. The van der Waals surface area contributed by atoms with Crippen LogP contribution in [0.2, 0.25) is 0 Å². The van der Waals surface area contributed by atoms with E-state index in [4.69, 9.17) is 9.57 Å². The van der Waals surface area contributed by atoms with E-state index in [0.717, 1.165) is 17.9 Å². The molecule has 0 bridgehead atoms. The molecule has 1 atom stereocenters. The Labute approximate surface area is 203 Å². The maximum atomic E-state index is 10.4. The molecule has 0 spiro atoms. The number of hydrogen-bond acceptors (Lipinski definition) is 5. The van der Waals surface area contributed by atoms with Gasteiger partial charge in [0.05, 0.1) is 12.0 Å². The first-order chi connectivity index (χ1) is 16.3. The van der Waals surface area contributed by atoms with Gasteiger partial charge in [-0.2, -0.15) is 0 Å². The minimum atomic E-state index is -4.27. The maximum Gasteiger partial charge on any atom is 0.223 e. The maximum absolute atomic E-state index is 10.4. The first-order valence-electron chi connectivity index (χ1n) is 11.6. The Kier molecular flexibility index (Phi) is 11.0. The van der Waals surface area contributed by atoms with Gasteiger partial charge in [-0.1, -0.05) is 56.5 Å². The Bertz CT molecular complexity index is 1080. The fraction of sp³-hybridized carbons (Fsp3) is 0.370. The van der Waals surface area contributed by atoms with Crippen LogP contribution in [0.5, 0.6) is 5.75 Å². The van der Waals surface area contributed by atoms with Crippen LogP contribution in [-0.4, -0.2) is 26.7 Å². The molecule has 0 fully saturated rings. The van der Waals surface area contributed by atoms with Crippen LogP contribution in [0, 0.1) is 12.8 Å². The van der Waals surface area contributed by atoms with Gasteiger partial charge in [0.15, 0.2) is 6.61 Å². The highest BCUT2D eigenvalue weighted by molar-refractivity contribution is 7.85. The summed E-state index contributed by atoms with van der Waals surface area (Å²) in [6.45, 7) is 7.07. The zero-order valence-corrected chi connectivity index (χ0v) is 21.3. The normalized spacial score (nSPS) is 11.8. The molecular formula is C27H35NO5S. The van der Waals surface area contributed by atoms with Crippen LogP contribution in [0.4, 0.5) is 0 Å². The number of nitrogens with zero attached hydrogens (tertiary/aromatic N) is 1. The molecule has 2 aromatic carbocycles. The summed E-state index contributed by atoms with van der Waals surface area (Å²) in [7, 11) is -2.59. The lowest BCUT2D eigenvalue weighted by Gasteiger charge is -2.11. The number of aromatic nitrogens is 1. The Morgan fingerprint density at radius 2 is 1.50 bits per heavy atom. The highest BCUT2D eigenvalue weighted by atomic mass is 32.2. The number of hydrogen-bond donors (Lipinski definition) is 0. The van der Waals surface area contributed by atoms with Gasteiger partial charge in [-0.25, -0.2) is 8.42 Å². The van der Waals surface area contributed by atoms with Crippen molar-refractivity contribution in [3.63, 3.8) is 0 Å². The average molecular weight is 486 g/mol. The quantitative estimate of drug-likeness (QED) is 0.291. The number of pyridine rings is 1. The van der Waals surface area contributed by atoms with Crippen molar-refractivity contribution in [1.29, 1.82) is 0 Å². The van der Waals surface area contributed by atoms with Gasteiger partial charge in [0.1, 0.15) is 15.9 Å². The highest BCUT2D eigenvalue weighted by Crippen LogP contribution is 2.21. The van der Waals surface area contributed by atoms with E-state index in [0.29, 0.717) is 5.92 Å². The monoisotopic (exact) mass is 485 g/mol. The Balaban J connectivity index is 0.000000310. The summed E-state index contributed by atoms with van der Waals surface area (Å²) in [6, 6.07) is 18.0. The molecule has 7 heteroatoms. The number of ether oxygens (including phenoxy) is 1. The van der Waals surface area contributed by atoms with Crippen molar-refractivity contribution in [2.45, 2.75) is 51.3 Å². The minimum absolute atomic E-state index is 0.178. The second kappa shape index (κ2) is 13.7. The zero-order chi connectivity index (χ0) is 25.0. The van der Waals surface area contributed by atoms with Gasteiger partial charge in [-0.15, -0.1) is 0 Å². The first kappa shape index (κ1) is 27.3. The van der Waals surface area contributed by atoms with Crippen molar-refractivity contribution in [2.24, 2.45) is 5.92 Å². The number of rotatable bonds is 10. The van der Waals surface area contributed by atoms with E-state index in [9.17, 15) is 13.0 Å². The molecular weight excluding hydrogens is 450 g/mol. The fourth-order valence-corrected chi connectivity index (χ4v) is 3.74. The molecule has 1 aromatic heterocycles. The van der Waals surface area contributed by atoms with Crippen molar-refractivity contribution in [2.75, 3.05) is 13.7 Å². The van der Waals surface area contributed by atoms with Crippen LogP contribution in [0.3, 0.4) is 0 Å². The SMILES string of the molecule is CCCCC(CC)CO[n+]1ccc(-c2ccc(OC)cc2)cc1.Cc1ccc(S(=O)(=O)[O-])cc1. The lowest BCUT2D eigenvalue weighted by molar-refractivity contribution is -0.892. The molecule has 1 heterocycles. The van der Waals surface area contributed by atoms with Gasteiger partial charge in [0.25, 0.3) is 0 Å². The van der Waals surface area contributed by atoms with Crippen molar-refractivity contribution in [3.8, 4) is 16.9 Å². The van der Waals surface area contributed by atoms with E-state index in [1.165, 1.54) is 48.9 Å². The van der Waals surface area contributed by atoms with Crippen LogP contribution in [0.15, 0.2) is 78.0 Å². The van der Waals surface area contributed by atoms with Gasteiger partial charge >= 0.3 is 0 Å². The zero-order valence-electron chi connectivity index (χ0n) is 20.4. The molecule has 0 aliphatic rings. The molecule has 0 aliphatic heterocycles. The largest absolute Gasteiger partial charge is 0.744 e. The molecule has 0 radical (unpaired) electrons. The number of benzene rings is 2. The third-order valence-corrected chi connectivity index (χ3v) is 6.39. The van der Waals surface area contributed by atoms with E-state index in [2.05, 4.69) is 38.1 Å². The molecule has 1 unspecified atom stereocenters. The van der Waals surface area contributed by atoms with Gasteiger partial charge in [-0.05, 0) is 61.1 Å². The van der Waals surface area contributed by atoms with E-state index >= 15 is 0 Å². The first-order valence-corrected chi connectivity index (χ1v) is 13.0. The predicted molar refractivity (Wildman–Crippen MR) is 133 cm³/mol. The van der Waals surface area contributed by atoms with Gasteiger partial charge in [0, 0.05) is 16.9 Å². The molecule has 6 nitrogen and oxygen atoms in total. The van der Waals surface area contributed by atoms with Crippen LogP contribution in [-0.2, 0) is 10.1 Å². The standard InChI is InChI=1S/C20H28NO2.C7H8O3S/c1-4-6-7-17(5-2)16-23-21-14-12-19(13-15-21)18-8-10-20(22-3)11-9-18;1-6-2-4-7(5-3-6)11(8,9)10/h8-15,17H,4-7,16H2,1-3H3;2-5H,1H3,(H,8,9,10)/q+1;/p-1. The summed E-state index contributed by atoms with van der Waals surface area (Å²) in [5, 5.41) is 0. The van der Waals surface area contributed by atoms with Crippen LogP contribution < -0.4 is 14.3 Å². The van der Waals surface area contributed by atoms with E-state index in [-0.39, 0.29) is 4.90 Å². The Morgan fingerprint density at radius 1 is 0.912 bits per heavy atom. The summed E-state index contributed by atoms with van der Waals surface area (Å²) in [5.74, 6) is 1.52. The third-order valence-electron chi connectivity index (χ3n) is 5.54. The minimum Gasteiger partial charge on any atom is -0.744 e. The van der Waals surface area contributed by atoms with Crippen LogP contribution >= 0.6 is 0 Å². The van der Waals surface area contributed by atoms with Crippen LogP contribution in [0.1, 0.15) is 45.1 Å². The summed E-state index contributed by atoms with van der Waals surface area (Å²) in [4.78, 5) is 5.70. The topological polar surface area (TPSA) is 79.5 Å². The van der Waals surface area contributed by atoms with Crippen molar-refractivity contribution >= 4 is 10.1 Å². The Hall–Kier alpha value is -2.90.